The first-order valence-corrected chi connectivity index (χ1v) is 8.59. The largest absolute Gasteiger partial charge is 0.548 e. The van der Waals surface area contributed by atoms with Gasteiger partial charge in [-0.15, -0.1) is 0 Å². The topological polar surface area (TPSA) is 77.5 Å². The molecule has 5 nitrogen and oxygen atoms in total. The van der Waals surface area contributed by atoms with Crippen molar-refractivity contribution in [3.8, 4) is 0 Å². The number of carboxylic acid groups (broad SMARTS) is 1. The molecule has 0 N–H and O–H groups in total. The van der Waals surface area contributed by atoms with E-state index in [9.17, 15) is 19.5 Å². The van der Waals surface area contributed by atoms with Gasteiger partial charge in [0.1, 0.15) is 10.6 Å². The predicted molar refractivity (Wildman–Crippen MR) is 95.1 cm³/mol. The number of rotatable bonds is 6. The highest BCUT2D eigenvalue weighted by molar-refractivity contribution is 8.26. The Labute approximate surface area is 149 Å². The van der Waals surface area contributed by atoms with E-state index in [1.807, 2.05) is 13.8 Å². The molecule has 1 aromatic rings. The van der Waals surface area contributed by atoms with Crippen molar-refractivity contribution in [3.63, 3.8) is 0 Å². The van der Waals surface area contributed by atoms with Crippen LogP contribution in [0.5, 0.6) is 0 Å². The van der Waals surface area contributed by atoms with Gasteiger partial charge >= 0.3 is 0 Å². The van der Waals surface area contributed by atoms with E-state index in [4.69, 9.17) is 12.2 Å². The van der Waals surface area contributed by atoms with Crippen LogP contribution in [0.3, 0.4) is 0 Å². The number of amides is 1. The van der Waals surface area contributed by atoms with Gasteiger partial charge in [0.05, 0.1) is 16.9 Å². The maximum absolute atomic E-state index is 12.6. The van der Waals surface area contributed by atoms with E-state index >= 15 is 0 Å². The van der Waals surface area contributed by atoms with Crippen LogP contribution in [-0.2, 0) is 9.59 Å². The zero-order valence-electron chi connectivity index (χ0n) is 13.2. The summed E-state index contributed by atoms with van der Waals surface area (Å²) in [5.74, 6) is -1.66. The second-order valence-corrected chi connectivity index (χ2v) is 7.48. The van der Waals surface area contributed by atoms with E-state index in [1.165, 1.54) is 0 Å². The van der Waals surface area contributed by atoms with Crippen molar-refractivity contribution in [1.82, 2.24) is 4.90 Å². The van der Waals surface area contributed by atoms with Crippen LogP contribution < -0.4 is 5.11 Å². The SMILES string of the molecule is CC(C)C[C@H](C(=O)[O-])N1C(=O)/C(=C/c2ccc(C=O)cc2)SC1=S. The summed E-state index contributed by atoms with van der Waals surface area (Å²) in [5.41, 5.74) is 1.27. The highest BCUT2D eigenvalue weighted by Crippen LogP contribution is 2.35. The Kier molecular flexibility index (Phi) is 5.90. The molecule has 1 saturated heterocycles. The van der Waals surface area contributed by atoms with Crippen LogP contribution >= 0.6 is 24.0 Å². The number of thiocarbonyl (C=S) groups is 1. The third kappa shape index (κ3) is 4.10. The lowest BCUT2D eigenvalue weighted by Gasteiger charge is -2.28. The van der Waals surface area contributed by atoms with Gasteiger partial charge < -0.3 is 9.90 Å². The fourth-order valence-corrected chi connectivity index (χ4v) is 3.68. The molecule has 1 atom stereocenters. The quantitative estimate of drug-likeness (QED) is 0.437. The number of hydrogen-bond donors (Lipinski definition) is 0. The zero-order valence-corrected chi connectivity index (χ0v) is 14.9. The minimum atomic E-state index is -1.31. The Morgan fingerprint density at radius 1 is 1.29 bits per heavy atom. The smallest absolute Gasteiger partial charge is 0.266 e. The first kappa shape index (κ1) is 18.4. The van der Waals surface area contributed by atoms with Crippen LogP contribution in [0, 0.1) is 5.92 Å². The number of benzene rings is 1. The Morgan fingerprint density at radius 2 is 1.88 bits per heavy atom. The highest BCUT2D eigenvalue weighted by atomic mass is 32.2. The van der Waals surface area contributed by atoms with Crippen LogP contribution in [-0.4, -0.2) is 33.4 Å². The lowest BCUT2D eigenvalue weighted by molar-refractivity contribution is -0.310. The van der Waals surface area contributed by atoms with Gasteiger partial charge in [-0.25, -0.2) is 0 Å². The van der Waals surface area contributed by atoms with Crippen molar-refractivity contribution in [1.29, 1.82) is 0 Å². The van der Waals surface area contributed by atoms with E-state index in [0.29, 0.717) is 10.5 Å². The van der Waals surface area contributed by atoms with E-state index in [-0.39, 0.29) is 16.7 Å². The lowest BCUT2D eigenvalue weighted by atomic mass is 10.0. The zero-order chi connectivity index (χ0) is 17.9. The van der Waals surface area contributed by atoms with Crippen LogP contribution in [0.2, 0.25) is 0 Å². The fraction of sp³-hybridized carbons (Fsp3) is 0.294. The number of carbonyl (C=O) groups excluding carboxylic acids is 3. The second kappa shape index (κ2) is 7.72. The van der Waals surface area contributed by atoms with Gasteiger partial charge in [-0.05, 0) is 24.0 Å². The molecule has 1 aromatic carbocycles. The summed E-state index contributed by atoms with van der Waals surface area (Å²) < 4.78 is 0.214. The molecule has 126 valence electrons. The molecular weight excluding hydrogens is 346 g/mol. The number of hydrogen-bond acceptors (Lipinski definition) is 6. The minimum Gasteiger partial charge on any atom is -0.548 e. The summed E-state index contributed by atoms with van der Waals surface area (Å²) in [6.07, 6.45) is 2.64. The van der Waals surface area contributed by atoms with E-state index in [1.54, 1.807) is 30.3 Å². The van der Waals surface area contributed by atoms with Crippen LogP contribution in [0.25, 0.3) is 6.08 Å². The number of carboxylic acids is 1. The third-order valence-corrected chi connectivity index (χ3v) is 4.80. The van der Waals surface area contributed by atoms with Crippen LogP contribution in [0.1, 0.15) is 36.2 Å². The molecule has 0 bridgehead atoms. The van der Waals surface area contributed by atoms with Gasteiger partial charge in [0.2, 0.25) is 0 Å². The Hall–Kier alpha value is -1.99. The molecule has 2 rings (SSSR count). The van der Waals surface area contributed by atoms with Crippen LogP contribution in [0.15, 0.2) is 29.2 Å². The highest BCUT2D eigenvalue weighted by Gasteiger charge is 2.37. The number of aldehydes is 1. The van der Waals surface area contributed by atoms with Crippen molar-refractivity contribution in [2.45, 2.75) is 26.3 Å². The van der Waals surface area contributed by atoms with Crippen molar-refractivity contribution in [2.75, 3.05) is 0 Å². The molecule has 0 aliphatic carbocycles. The first-order chi connectivity index (χ1) is 11.3. The van der Waals surface area contributed by atoms with E-state index < -0.39 is 17.9 Å². The monoisotopic (exact) mass is 362 g/mol. The summed E-state index contributed by atoms with van der Waals surface area (Å²) in [5, 5.41) is 11.4. The maximum Gasteiger partial charge on any atom is 0.266 e. The average Bonchev–Trinajstić information content (AvgIpc) is 2.79. The van der Waals surface area contributed by atoms with Gasteiger partial charge in [-0.3, -0.25) is 14.5 Å². The molecule has 0 unspecified atom stereocenters. The van der Waals surface area contributed by atoms with E-state index in [2.05, 4.69) is 0 Å². The molecule has 1 amide bonds. The molecule has 1 heterocycles. The van der Waals surface area contributed by atoms with Gasteiger partial charge in [0, 0.05) is 5.56 Å². The van der Waals surface area contributed by atoms with Crippen molar-refractivity contribution < 1.29 is 19.5 Å². The normalized spacial score (nSPS) is 17.6. The molecule has 0 spiro atoms. The fourth-order valence-electron chi connectivity index (χ4n) is 2.32. The molecule has 0 aromatic heterocycles. The Balaban J connectivity index is 2.27. The molecular formula is C17H16NO4S2-. The van der Waals surface area contributed by atoms with E-state index in [0.717, 1.165) is 28.5 Å². The summed E-state index contributed by atoms with van der Waals surface area (Å²) in [4.78, 5) is 36.1. The van der Waals surface area contributed by atoms with Gasteiger partial charge in [-0.2, -0.15) is 0 Å². The molecule has 1 aliphatic rings. The molecule has 7 heteroatoms. The number of thioether (sulfide) groups is 1. The van der Waals surface area contributed by atoms with Crippen molar-refractivity contribution >= 4 is 52.5 Å². The summed E-state index contributed by atoms with van der Waals surface area (Å²) in [6.45, 7) is 3.75. The average molecular weight is 362 g/mol. The number of nitrogens with zero attached hydrogens (tertiary/aromatic N) is 1. The molecule has 24 heavy (non-hydrogen) atoms. The summed E-state index contributed by atoms with van der Waals surface area (Å²) in [7, 11) is 0. The standard InChI is InChI=1S/C17H17NO4S2/c1-10(2)7-13(16(21)22)18-15(20)14(24-17(18)23)8-11-3-5-12(9-19)6-4-11/h3-6,8-10,13H,7H2,1-2H3,(H,21,22)/p-1/b14-8-/t13-/m1/s1. The molecule has 0 radical (unpaired) electrons. The Bertz CT molecular complexity index is 710. The minimum absolute atomic E-state index is 0.0809. The van der Waals surface area contributed by atoms with Crippen molar-refractivity contribution in [2.24, 2.45) is 5.92 Å². The van der Waals surface area contributed by atoms with Gasteiger partial charge in [0.25, 0.3) is 5.91 Å². The van der Waals surface area contributed by atoms with Gasteiger partial charge in [-0.1, -0.05) is 62.1 Å². The third-order valence-electron chi connectivity index (χ3n) is 3.47. The second-order valence-electron chi connectivity index (χ2n) is 5.80. The maximum atomic E-state index is 12.6. The first-order valence-electron chi connectivity index (χ1n) is 7.36. The van der Waals surface area contributed by atoms with Crippen molar-refractivity contribution in [3.05, 3.63) is 40.3 Å². The molecule has 1 fully saturated rings. The summed E-state index contributed by atoms with van der Waals surface area (Å²) in [6, 6.07) is 5.63. The number of aliphatic carboxylic acids is 1. The predicted octanol–water partition coefficient (Wildman–Crippen LogP) is 1.86. The van der Waals surface area contributed by atoms with Gasteiger partial charge in [0.15, 0.2) is 0 Å². The summed E-state index contributed by atoms with van der Waals surface area (Å²) >= 11 is 6.26. The molecule has 0 saturated carbocycles. The lowest BCUT2D eigenvalue weighted by Crippen LogP contribution is -2.50. The van der Waals surface area contributed by atoms with Crippen LogP contribution in [0.4, 0.5) is 0 Å². The Morgan fingerprint density at radius 3 is 2.38 bits per heavy atom. The molecule has 1 aliphatic heterocycles. The number of carbonyl (C=O) groups is 3.